The molecule has 5 nitrogen and oxygen atoms in total. The van der Waals surface area contributed by atoms with Crippen LogP contribution in [-0.4, -0.2) is 22.1 Å². The number of nitrogens with one attached hydrogen (secondary N) is 1. The summed E-state index contributed by atoms with van der Waals surface area (Å²) in [6.07, 6.45) is 5.84. The summed E-state index contributed by atoms with van der Waals surface area (Å²) in [5.41, 5.74) is 2.27. The molecular weight excluding hydrogens is 314 g/mol. The largest absolute Gasteiger partial charge is 0.493 e. The normalized spacial score (nSPS) is 10.4. The molecule has 128 valence electrons. The van der Waals surface area contributed by atoms with Crippen molar-refractivity contribution < 1.29 is 9.53 Å². The Kier molecular flexibility index (Phi) is 5.82. The summed E-state index contributed by atoms with van der Waals surface area (Å²) in [7, 11) is 0. The second-order valence-electron chi connectivity index (χ2n) is 5.74. The van der Waals surface area contributed by atoms with Gasteiger partial charge in [-0.1, -0.05) is 42.5 Å². The minimum Gasteiger partial charge on any atom is -0.493 e. The molecule has 0 atom stereocenters. The molecule has 2 aromatic carbocycles. The Bertz CT molecular complexity index is 768. The van der Waals surface area contributed by atoms with Gasteiger partial charge >= 0.3 is 0 Å². The van der Waals surface area contributed by atoms with Crippen molar-refractivity contribution in [3.8, 4) is 5.75 Å². The third kappa shape index (κ3) is 5.49. The monoisotopic (exact) mass is 335 g/mol. The standard InChI is InChI=1S/C20H21N3O2/c24-20(10-13-25-19-4-2-1-3-5-19)22-14-17-6-8-18(9-7-17)15-23-12-11-21-16-23/h1-9,11-12,16H,10,13-15H2,(H,22,24). The first kappa shape index (κ1) is 16.8. The smallest absolute Gasteiger partial charge is 0.223 e. The Hall–Kier alpha value is -3.08. The van der Waals surface area contributed by atoms with Crippen molar-refractivity contribution in [1.29, 1.82) is 0 Å². The van der Waals surface area contributed by atoms with Gasteiger partial charge in [-0.15, -0.1) is 0 Å². The third-order valence-corrected chi connectivity index (χ3v) is 3.78. The van der Waals surface area contributed by atoms with E-state index in [1.165, 1.54) is 5.56 Å². The van der Waals surface area contributed by atoms with Crippen LogP contribution >= 0.6 is 0 Å². The van der Waals surface area contributed by atoms with E-state index in [0.717, 1.165) is 17.9 Å². The van der Waals surface area contributed by atoms with Crippen LogP contribution in [0.5, 0.6) is 5.75 Å². The Morgan fingerprint density at radius 2 is 1.80 bits per heavy atom. The van der Waals surface area contributed by atoms with Gasteiger partial charge in [0.05, 0.1) is 19.4 Å². The summed E-state index contributed by atoms with van der Waals surface area (Å²) >= 11 is 0. The number of amides is 1. The molecular formula is C20H21N3O2. The van der Waals surface area contributed by atoms with Gasteiger partial charge in [0.25, 0.3) is 0 Å². The molecule has 1 N–H and O–H groups in total. The first-order valence-corrected chi connectivity index (χ1v) is 8.28. The van der Waals surface area contributed by atoms with Crippen molar-refractivity contribution in [2.75, 3.05) is 6.61 Å². The highest BCUT2D eigenvalue weighted by molar-refractivity contribution is 5.75. The molecule has 0 saturated heterocycles. The van der Waals surface area contributed by atoms with Gasteiger partial charge in [0.15, 0.2) is 0 Å². The molecule has 0 saturated carbocycles. The fourth-order valence-corrected chi connectivity index (χ4v) is 2.42. The number of carbonyl (C=O) groups excluding carboxylic acids is 1. The summed E-state index contributed by atoms with van der Waals surface area (Å²) in [5.74, 6) is 0.766. The van der Waals surface area contributed by atoms with Crippen LogP contribution in [0.15, 0.2) is 73.3 Å². The number of ether oxygens (including phenoxy) is 1. The molecule has 5 heteroatoms. The summed E-state index contributed by atoms with van der Waals surface area (Å²) in [6, 6.07) is 17.7. The number of benzene rings is 2. The van der Waals surface area contributed by atoms with E-state index in [4.69, 9.17) is 4.74 Å². The minimum atomic E-state index is -0.0153. The number of nitrogens with zero attached hydrogens (tertiary/aromatic N) is 2. The van der Waals surface area contributed by atoms with Gasteiger partial charge < -0.3 is 14.6 Å². The van der Waals surface area contributed by atoms with E-state index < -0.39 is 0 Å². The van der Waals surface area contributed by atoms with Crippen molar-refractivity contribution in [3.63, 3.8) is 0 Å². The maximum atomic E-state index is 11.9. The van der Waals surface area contributed by atoms with Crippen LogP contribution in [0.4, 0.5) is 0 Å². The van der Waals surface area contributed by atoms with Crippen molar-refractivity contribution >= 4 is 5.91 Å². The molecule has 0 aliphatic rings. The second kappa shape index (κ2) is 8.68. The fourth-order valence-electron chi connectivity index (χ4n) is 2.42. The third-order valence-electron chi connectivity index (χ3n) is 3.78. The number of rotatable bonds is 8. The Balaban J connectivity index is 1.38. The molecule has 0 unspecified atom stereocenters. The predicted octanol–water partition coefficient (Wildman–Crippen LogP) is 3.02. The van der Waals surface area contributed by atoms with Gasteiger partial charge in [0, 0.05) is 25.5 Å². The molecule has 1 heterocycles. The van der Waals surface area contributed by atoms with Crippen molar-refractivity contribution in [2.24, 2.45) is 0 Å². The van der Waals surface area contributed by atoms with Gasteiger partial charge in [-0.25, -0.2) is 4.98 Å². The van der Waals surface area contributed by atoms with E-state index in [0.29, 0.717) is 19.6 Å². The molecule has 25 heavy (non-hydrogen) atoms. The van der Waals surface area contributed by atoms with Crippen molar-refractivity contribution in [1.82, 2.24) is 14.9 Å². The van der Waals surface area contributed by atoms with Gasteiger partial charge in [-0.2, -0.15) is 0 Å². The van der Waals surface area contributed by atoms with Gasteiger partial charge in [-0.3, -0.25) is 4.79 Å². The van der Waals surface area contributed by atoms with Crippen LogP contribution in [0.1, 0.15) is 17.5 Å². The minimum absolute atomic E-state index is 0.0153. The SMILES string of the molecule is O=C(CCOc1ccccc1)NCc1ccc(Cn2ccnc2)cc1. The topological polar surface area (TPSA) is 56.1 Å². The Morgan fingerprint density at radius 1 is 1.04 bits per heavy atom. The van der Waals surface area contributed by atoms with Crippen LogP contribution in [-0.2, 0) is 17.9 Å². The van der Waals surface area contributed by atoms with E-state index in [2.05, 4.69) is 22.4 Å². The lowest BCUT2D eigenvalue weighted by atomic mass is 10.1. The number of aromatic nitrogens is 2. The lowest BCUT2D eigenvalue weighted by Crippen LogP contribution is -2.24. The van der Waals surface area contributed by atoms with E-state index in [1.54, 1.807) is 12.5 Å². The molecule has 0 aliphatic carbocycles. The number of hydrogen-bond acceptors (Lipinski definition) is 3. The number of para-hydroxylation sites is 1. The van der Waals surface area contributed by atoms with E-state index in [-0.39, 0.29) is 5.91 Å². The average Bonchev–Trinajstić information content (AvgIpc) is 3.15. The summed E-state index contributed by atoms with van der Waals surface area (Å²) < 4.78 is 7.54. The zero-order valence-corrected chi connectivity index (χ0v) is 14.0. The van der Waals surface area contributed by atoms with Crippen molar-refractivity contribution in [3.05, 3.63) is 84.4 Å². The highest BCUT2D eigenvalue weighted by atomic mass is 16.5. The number of hydrogen-bond donors (Lipinski definition) is 1. The molecule has 0 radical (unpaired) electrons. The zero-order valence-electron chi connectivity index (χ0n) is 14.0. The fraction of sp³-hybridized carbons (Fsp3) is 0.200. The van der Waals surface area contributed by atoms with E-state index in [9.17, 15) is 4.79 Å². The summed E-state index contributed by atoms with van der Waals surface area (Å²) in [5, 5.41) is 2.92. The molecule has 1 aromatic heterocycles. The highest BCUT2D eigenvalue weighted by Gasteiger charge is 2.03. The van der Waals surface area contributed by atoms with Crippen LogP contribution in [0.2, 0.25) is 0 Å². The van der Waals surface area contributed by atoms with E-state index in [1.807, 2.05) is 53.2 Å². The van der Waals surface area contributed by atoms with Crippen molar-refractivity contribution in [2.45, 2.75) is 19.5 Å². The first-order valence-electron chi connectivity index (χ1n) is 8.28. The molecule has 0 fully saturated rings. The lowest BCUT2D eigenvalue weighted by molar-refractivity contribution is -0.121. The average molecular weight is 335 g/mol. The first-order chi connectivity index (χ1) is 12.3. The second-order valence-corrected chi connectivity index (χ2v) is 5.74. The molecule has 3 aromatic rings. The van der Waals surface area contributed by atoms with Gasteiger partial charge in [0.2, 0.25) is 5.91 Å². The van der Waals surface area contributed by atoms with Gasteiger partial charge in [0.1, 0.15) is 5.75 Å². The van der Waals surface area contributed by atoms with Crippen LogP contribution in [0.3, 0.4) is 0 Å². The number of imidazole rings is 1. The summed E-state index contributed by atoms with van der Waals surface area (Å²) in [4.78, 5) is 15.9. The highest BCUT2D eigenvalue weighted by Crippen LogP contribution is 2.09. The lowest BCUT2D eigenvalue weighted by Gasteiger charge is -2.08. The summed E-state index contributed by atoms with van der Waals surface area (Å²) in [6.45, 7) is 1.69. The Morgan fingerprint density at radius 3 is 2.52 bits per heavy atom. The zero-order chi connectivity index (χ0) is 17.3. The molecule has 0 aliphatic heterocycles. The van der Waals surface area contributed by atoms with Crippen LogP contribution in [0.25, 0.3) is 0 Å². The Labute approximate surface area is 147 Å². The maximum Gasteiger partial charge on any atom is 0.223 e. The molecule has 0 spiro atoms. The molecule has 1 amide bonds. The van der Waals surface area contributed by atoms with Crippen LogP contribution < -0.4 is 10.1 Å². The van der Waals surface area contributed by atoms with E-state index >= 15 is 0 Å². The predicted molar refractivity (Wildman–Crippen MR) is 96.2 cm³/mol. The van der Waals surface area contributed by atoms with Crippen LogP contribution in [0, 0.1) is 0 Å². The molecule has 0 bridgehead atoms. The molecule has 3 rings (SSSR count). The number of carbonyl (C=O) groups is 1. The van der Waals surface area contributed by atoms with Gasteiger partial charge in [-0.05, 0) is 23.3 Å². The quantitative estimate of drug-likeness (QED) is 0.688. The maximum absolute atomic E-state index is 11.9.